The summed E-state index contributed by atoms with van der Waals surface area (Å²) in [7, 11) is 1.78. The fourth-order valence-electron chi connectivity index (χ4n) is 4.06. The molecule has 0 spiro atoms. The van der Waals surface area contributed by atoms with Crippen molar-refractivity contribution in [1.82, 2.24) is 29.8 Å². The van der Waals surface area contributed by atoms with E-state index in [9.17, 15) is 0 Å². The summed E-state index contributed by atoms with van der Waals surface area (Å²) in [6, 6.07) is 17.7. The number of anilines is 4. The van der Waals surface area contributed by atoms with Crippen LogP contribution < -0.4 is 10.6 Å². The van der Waals surface area contributed by atoms with Gasteiger partial charge >= 0.3 is 0 Å². The number of hydrogen-bond acceptors (Lipinski definition) is 9. The molecule has 0 amide bonds. The summed E-state index contributed by atoms with van der Waals surface area (Å²) in [5.41, 5.74) is 3.81. The molecule has 2 N–H and O–H groups in total. The largest absolute Gasteiger partial charge is 0.376 e. The Labute approximate surface area is 204 Å². The number of hydrogen-bond donors (Lipinski definition) is 2. The standard InChI is InChI=1S/C26H28N8O/c1-18-5-4-6-21(29-18)24-27-13-11-22(32-24)31-23-12-14-28-25(33-23)30-20-9-7-19(8-10-20)15-34-16-26(2,17-34)35-3/h4-14H,15-17H2,1-3H3,(H2,27,28,30,31,32,33). The quantitative estimate of drug-likeness (QED) is 0.391. The highest BCUT2D eigenvalue weighted by Gasteiger charge is 2.38. The predicted octanol–water partition coefficient (Wildman–Crippen LogP) is 4.34. The molecule has 5 rings (SSSR count). The normalized spacial score (nSPS) is 14.8. The Morgan fingerprint density at radius 2 is 1.63 bits per heavy atom. The SMILES string of the molecule is COC1(C)CN(Cc2ccc(Nc3nccc(Nc4ccnc(-c5cccc(C)n5)n4)n3)cc2)C1. The zero-order valence-corrected chi connectivity index (χ0v) is 20.1. The maximum Gasteiger partial charge on any atom is 0.229 e. The van der Waals surface area contributed by atoms with Crippen LogP contribution in [0.15, 0.2) is 67.0 Å². The summed E-state index contributed by atoms with van der Waals surface area (Å²) in [5, 5.41) is 6.49. The first-order valence-electron chi connectivity index (χ1n) is 11.5. The average Bonchev–Trinajstić information content (AvgIpc) is 2.84. The summed E-state index contributed by atoms with van der Waals surface area (Å²) in [5.74, 6) is 2.30. The molecule has 0 atom stereocenters. The smallest absolute Gasteiger partial charge is 0.229 e. The molecule has 1 aliphatic heterocycles. The monoisotopic (exact) mass is 468 g/mol. The lowest BCUT2D eigenvalue weighted by molar-refractivity contribution is -0.114. The van der Waals surface area contributed by atoms with Crippen LogP contribution in [0.25, 0.3) is 11.5 Å². The Morgan fingerprint density at radius 1 is 0.886 bits per heavy atom. The fraction of sp³-hybridized carbons (Fsp3) is 0.269. The zero-order valence-electron chi connectivity index (χ0n) is 20.1. The maximum atomic E-state index is 5.52. The average molecular weight is 469 g/mol. The van der Waals surface area contributed by atoms with E-state index in [1.165, 1.54) is 5.56 Å². The van der Waals surface area contributed by atoms with Crippen LogP contribution in [0.4, 0.5) is 23.3 Å². The van der Waals surface area contributed by atoms with Gasteiger partial charge in [0, 0.05) is 50.5 Å². The molecule has 3 aromatic heterocycles. The van der Waals surface area contributed by atoms with Gasteiger partial charge in [0.1, 0.15) is 17.3 Å². The van der Waals surface area contributed by atoms with Gasteiger partial charge < -0.3 is 15.4 Å². The van der Waals surface area contributed by atoms with Crippen LogP contribution in [-0.2, 0) is 11.3 Å². The molecule has 1 aliphatic rings. The van der Waals surface area contributed by atoms with Crippen molar-refractivity contribution in [2.45, 2.75) is 26.0 Å². The lowest BCUT2D eigenvalue weighted by Gasteiger charge is -2.47. The van der Waals surface area contributed by atoms with Gasteiger partial charge in [-0.2, -0.15) is 4.98 Å². The van der Waals surface area contributed by atoms with Gasteiger partial charge in [0.2, 0.25) is 5.95 Å². The molecule has 0 radical (unpaired) electrons. The van der Waals surface area contributed by atoms with Gasteiger partial charge in [0.25, 0.3) is 0 Å². The Morgan fingerprint density at radius 3 is 2.37 bits per heavy atom. The highest BCUT2D eigenvalue weighted by Crippen LogP contribution is 2.26. The van der Waals surface area contributed by atoms with Crippen LogP contribution in [0.1, 0.15) is 18.2 Å². The van der Waals surface area contributed by atoms with Crippen LogP contribution in [0.2, 0.25) is 0 Å². The van der Waals surface area contributed by atoms with Crippen LogP contribution in [0, 0.1) is 6.92 Å². The third-order valence-electron chi connectivity index (χ3n) is 5.91. The van der Waals surface area contributed by atoms with Gasteiger partial charge in [0.05, 0.1) is 5.60 Å². The number of aromatic nitrogens is 5. The summed E-state index contributed by atoms with van der Waals surface area (Å²) < 4.78 is 5.52. The number of benzene rings is 1. The van der Waals surface area contributed by atoms with Crippen molar-refractivity contribution >= 4 is 23.3 Å². The lowest BCUT2D eigenvalue weighted by atomic mass is 9.96. The lowest BCUT2D eigenvalue weighted by Crippen LogP contribution is -2.60. The minimum atomic E-state index is -0.0112. The molecule has 178 valence electrons. The third-order valence-corrected chi connectivity index (χ3v) is 5.91. The van der Waals surface area contributed by atoms with Crippen molar-refractivity contribution in [3.63, 3.8) is 0 Å². The predicted molar refractivity (Wildman–Crippen MR) is 136 cm³/mol. The number of nitrogens with one attached hydrogen (secondary N) is 2. The molecule has 9 heteroatoms. The van der Waals surface area contributed by atoms with Gasteiger partial charge in [-0.3, -0.25) is 4.90 Å². The third kappa shape index (κ3) is 5.59. The van der Waals surface area contributed by atoms with Gasteiger partial charge in [-0.05, 0) is 55.8 Å². The zero-order chi connectivity index (χ0) is 24.3. The number of likely N-dealkylation sites (tertiary alicyclic amines) is 1. The van der Waals surface area contributed by atoms with Crippen LogP contribution in [-0.4, -0.2) is 55.6 Å². The first-order chi connectivity index (χ1) is 17.0. The second-order valence-corrected chi connectivity index (χ2v) is 8.94. The van der Waals surface area contributed by atoms with E-state index >= 15 is 0 Å². The van der Waals surface area contributed by atoms with E-state index in [1.54, 1.807) is 31.6 Å². The van der Waals surface area contributed by atoms with E-state index in [0.29, 0.717) is 23.4 Å². The summed E-state index contributed by atoms with van der Waals surface area (Å²) in [6.45, 7) is 6.90. The van der Waals surface area contributed by atoms with Crippen LogP contribution in [0.5, 0.6) is 0 Å². The van der Waals surface area contributed by atoms with Crippen molar-refractivity contribution in [2.75, 3.05) is 30.8 Å². The van der Waals surface area contributed by atoms with Gasteiger partial charge in [-0.25, -0.2) is 19.9 Å². The first kappa shape index (κ1) is 22.8. The van der Waals surface area contributed by atoms with Crippen molar-refractivity contribution in [2.24, 2.45) is 0 Å². The summed E-state index contributed by atoms with van der Waals surface area (Å²) in [6.07, 6.45) is 3.40. The Hall–Kier alpha value is -3.95. The van der Waals surface area contributed by atoms with Crippen molar-refractivity contribution in [3.8, 4) is 11.5 Å². The highest BCUT2D eigenvalue weighted by atomic mass is 16.5. The van der Waals surface area contributed by atoms with Gasteiger partial charge in [-0.1, -0.05) is 18.2 Å². The van der Waals surface area contributed by atoms with E-state index in [-0.39, 0.29) is 5.60 Å². The number of aryl methyl sites for hydroxylation is 1. The summed E-state index contributed by atoms with van der Waals surface area (Å²) >= 11 is 0. The number of nitrogens with zero attached hydrogens (tertiary/aromatic N) is 6. The first-order valence-corrected chi connectivity index (χ1v) is 11.5. The molecule has 0 unspecified atom stereocenters. The van der Waals surface area contributed by atoms with Crippen molar-refractivity contribution in [3.05, 3.63) is 78.2 Å². The summed E-state index contributed by atoms with van der Waals surface area (Å²) in [4.78, 5) is 24.7. The minimum absolute atomic E-state index is 0.0112. The molecular weight excluding hydrogens is 440 g/mol. The fourth-order valence-corrected chi connectivity index (χ4v) is 4.06. The van der Waals surface area contributed by atoms with E-state index in [0.717, 1.165) is 36.7 Å². The minimum Gasteiger partial charge on any atom is -0.376 e. The number of pyridine rings is 1. The highest BCUT2D eigenvalue weighted by molar-refractivity contribution is 5.59. The van der Waals surface area contributed by atoms with Crippen molar-refractivity contribution < 1.29 is 4.74 Å². The molecule has 0 bridgehead atoms. The molecule has 0 saturated carbocycles. The van der Waals surface area contributed by atoms with Gasteiger partial charge in [0.15, 0.2) is 5.82 Å². The van der Waals surface area contributed by atoms with Crippen molar-refractivity contribution in [1.29, 1.82) is 0 Å². The molecule has 35 heavy (non-hydrogen) atoms. The molecule has 0 aliphatic carbocycles. The van der Waals surface area contributed by atoms with E-state index < -0.39 is 0 Å². The molecule has 1 fully saturated rings. The van der Waals surface area contributed by atoms with E-state index in [2.05, 4.69) is 59.5 Å². The molecular formula is C26H28N8O. The van der Waals surface area contributed by atoms with E-state index in [1.807, 2.05) is 37.3 Å². The molecule has 1 aromatic carbocycles. The van der Waals surface area contributed by atoms with E-state index in [4.69, 9.17) is 4.74 Å². The molecule has 1 saturated heterocycles. The number of ether oxygens (including phenoxy) is 1. The molecule has 9 nitrogen and oxygen atoms in total. The second-order valence-electron chi connectivity index (χ2n) is 8.94. The Kier molecular flexibility index (Phi) is 6.35. The Balaban J connectivity index is 1.22. The second kappa shape index (κ2) is 9.73. The molecule has 4 aromatic rings. The number of rotatable bonds is 8. The molecule has 4 heterocycles. The number of methoxy groups -OCH3 is 1. The van der Waals surface area contributed by atoms with Gasteiger partial charge in [-0.15, -0.1) is 0 Å². The van der Waals surface area contributed by atoms with Crippen LogP contribution >= 0.6 is 0 Å². The maximum absolute atomic E-state index is 5.52. The van der Waals surface area contributed by atoms with Crippen LogP contribution in [0.3, 0.4) is 0 Å². The topological polar surface area (TPSA) is 101 Å². The Bertz CT molecular complexity index is 1300.